The first kappa shape index (κ1) is 19.9. The molecule has 0 unspecified atom stereocenters. The fourth-order valence-electron chi connectivity index (χ4n) is 3.23. The Morgan fingerprint density at radius 2 is 1.85 bits per heavy atom. The minimum atomic E-state index is -1.01. The molecule has 4 N–H and O–H groups in total. The van der Waals surface area contributed by atoms with Gasteiger partial charge in [-0.1, -0.05) is 12.8 Å². The lowest BCUT2D eigenvalue weighted by Gasteiger charge is -2.27. The maximum atomic E-state index is 12.6. The molecular formula is C17H22N2O6S. The van der Waals surface area contributed by atoms with Gasteiger partial charge in [0, 0.05) is 0 Å². The number of hydrogen-bond donors (Lipinski definition) is 3. The third-order valence-electron chi connectivity index (χ3n) is 4.51. The number of aliphatic carboxylic acids is 1. The van der Waals surface area contributed by atoms with E-state index in [4.69, 9.17) is 10.5 Å². The minimum absolute atomic E-state index is 0.0501. The van der Waals surface area contributed by atoms with E-state index in [1.165, 1.54) is 0 Å². The zero-order chi connectivity index (χ0) is 19.4. The number of anilines is 1. The maximum Gasteiger partial charge on any atom is 0.348 e. The van der Waals surface area contributed by atoms with Gasteiger partial charge >= 0.3 is 11.9 Å². The number of nitrogens with one attached hydrogen (secondary N) is 1. The summed E-state index contributed by atoms with van der Waals surface area (Å²) in [7, 11) is 0. The summed E-state index contributed by atoms with van der Waals surface area (Å²) in [6.07, 6.45) is 2.43. The zero-order valence-corrected chi connectivity index (χ0v) is 15.5. The minimum Gasteiger partial charge on any atom is -0.481 e. The normalized spacial score (nSPS) is 19.6. The van der Waals surface area contributed by atoms with Gasteiger partial charge in [-0.3, -0.25) is 14.4 Å². The summed E-state index contributed by atoms with van der Waals surface area (Å²) in [6.45, 7) is 3.39. The van der Waals surface area contributed by atoms with Gasteiger partial charge in [0.15, 0.2) is 0 Å². The average molecular weight is 382 g/mol. The molecule has 0 spiro atoms. The topological polar surface area (TPSA) is 136 Å². The van der Waals surface area contributed by atoms with Crippen molar-refractivity contribution in [2.75, 3.05) is 11.9 Å². The van der Waals surface area contributed by atoms with Crippen LogP contribution < -0.4 is 11.1 Å². The van der Waals surface area contributed by atoms with Gasteiger partial charge in [-0.15, -0.1) is 11.3 Å². The summed E-state index contributed by atoms with van der Waals surface area (Å²) < 4.78 is 4.96. The monoisotopic (exact) mass is 382 g/mol. The van der Waals surface area contributed by atoms with Crippen LogP contribution in [0.3, 0.4) is 0 Å². The Bertz CT molecular complexity index is 742. The molecule has 0 aromatic carbocycles. The summed E-state index contributed by atoms with van der Waals surface area (Å²) in [5, 5.41) is 12.1. The Kier molecular flexibility index (Phi) is 6.36. The molecule has 8 nitrogen and oxygen atoms in total. The first-order valence-corrected chi connectivity index (χ1v) is 9.23. The number of ether oxygens (including phenoxy) is 1. The van der Waals surface area contributed by atoms with E-state index in [0.29, 0.717) is 18.4 Å². The van der Waals surface area contributed by atoms with E-state index in [0.717, 1.165) is 24.2 Å². The van der Waals surface area contributed by atoms with E-state index in [2.05, 4.69) is 5.32 Å². The maximum absolute atomic E-state index is 12.6. The zero-order valence-electron chi connectivity index (χ0n) is 14.7. The predicted molar refractivity (Wildman–Crippen MR) is 95.2 cm³/mol. The highest BCUT2D eigenvalue weighted by molar-refractivity contribution is 7.18. The van der Waals surface area contributed by atoms with E-state index in [1.54, 1.807) is 13.8 Å². The second kappa shape index (κ2) is 8.31. The largest absolute Gasteiger partial charge is 0.481 e. The smallest absolute Gasteiger partial charge is 0.348 e. The molecule has 1 fully saturated rings. The molecule has 0 saturated heterocycles. The van der Waals surface area contributed by atoms with Crippen LogP contribution in [0, 0.1) is 18.8 Å². The van der Waals surface area contributed by atoms with Crippen LogP contribution in [-0.2, 0) is 14.3 Å². The number of thiophene rings is 1. The van der Waals surface area contributed by atoms with Gasteiger partial charge in [0.05, 0.1) is 24.0 Å². The molecule has 142 valence electrons. The number of carbonyl (C=O) groups is 4. The first-order valence-electron chi connectivity index (χ1n) is 8.41. The molecule has 2 atom stereocenters. The van der Waals surface area contributed by atoms with Crippen molar-refractivity contribution >= 4 is 40.1 Å². The highest BCUT2D eigenvalue weighted by Gasteiger charge is 2.36. The molecule has 0 radical (unpaired) electrons. The van der Waals surface area contributed by atoms with Crippen molar-refractivity contribution in [2.24, 2.45) is 17.6 Å². The number of rotatable bonds is 6. The molecule has 1 aliphatic rings. The lowest BCUT2D eigenvalue weighted by molar-refractivity contribution is -0.147. The summed E-state index contributed by atoms with van der Waals surface area (Å²) in [6, 6.07) is 0. The molecule has 1 saturated carbocycles. The molecule has 2 rings (SSSR count). The molecule has 26 heavy (non-hydrogen) atoms. The van der Waals surface area contributed by atoms with Crippen molar-refractivity contribution in [2.45, 2.75) is 39.5 Å². The Hall–Kier alpha value is -2.42. The first-order chi connectivity index (χ1) is 12.3. The molecule has 0 aliphatic heterocycles. The van der Waals surface area contributed by atoms with Gasteiger partial charge in [0.1, 0.15) is 9.88 Å². The van der Waals surface area contributed by atoms with Crippen LogP contribution in [-0.4, -0.2) is 35.5 Å². The molecule has 9 heteroatoms. The van der Waals surface area contributed by atoms with Crippen molar-refractivity contribution < 1.29 is 29.0 Å². The van der Waals surface area contributed by atoms with Gasteiger partial charge in [-0.05, 0) is 32.3 Å². The van der Waals surface area contributed by atoms with Crippen molar-refractivity contribution in [3.8, 4) is 0 Å². The number of primary amides is 1. The Labute approximate surface area is 154 Å². The van der Waals surface area contributed by atoms with Gasteiger partial charge in [0.2, 0.25) is 5.91 Å². The van der Waals surface area contributed by atoms with Crippen LogP contribution in [0.15, 0.2) is 0 Å². The van der Waals surface area contributed by atoms with Crippen molar-refractivity contribution in [3.05, 3.63) is 16.0 Å². The number of esters is 1. The highest BCUT2D eigenvalue weighted by atomic mass is 32.1. The van der Waals surface area contributed by atoms with Crippen molar-refractivity contribution in [1.29, 1.82) is 0 Å². The molecule has 2 amide bonds. The van der Waals surface area contributed by atoms with Crippen molar-refractivity contribution in [1.82, 2.24) is 0 Å². The van der Waals surface area contributed by atoms with E-state index in [1.807, 2.05) is 0 Å². The van der Waals surface area contributed by atoms with Crippen molar-refractivity contribution in [3.63, 3.8) is 0 Å². The number of carboxylic acids is 1. The SMILES string of the molecule is CCOC(=O)c1sc(NC(=O)[C@@H]2CCCC[C@H]2C(=O)O)c(C(N)=O)c1C. The second-order valence-electron chi connectivity index (χ2n) is 6.17. The van der Waals surface area contributed by atoms with Gasteiger partial charge in [0.25, 0.3) is 5.91 Å². The highest BCUT2D eigenvalue weighted by Crippen LogP contribution is 2.36. The summed E-state index contributed by atoms with van der Waals surface area (Å²) in [5.74, 6) is -4.30. The standard InChI is InChI=1S/C17H22N2O6S/c1-3-25-17(24)12-8(2)11(13(18)20)15(26-12)19-14(21)9-6-4-5-7-10(9)16(22)23/h9-10H,3-7H2,1-2H3,(H2,18,20)(H,19,21)(H,22,23)/t9-,10-/m1/s1. The van der Waals surface area contributed by atoms with Gasteiger partial charge in [-0.25, -0.2) is 4.79 Å². The number of amides is 2. The molecule has 1 aromatic heterocycles. The number of carbonyl (C=O) groups excluding carboxylic acids is 3. The Morgan fingerprint density at radius 1 is 1.23 bits per heavy atom. The third-order valence-corrected chi connectivity index (χ3v) is 5.70. The van der Waals surface area contributed by atoms with E-state index < -0.39 is 35.6 Å². The predicted octanol–water partition coefficient (Wildman–Crippen LogP) is 2.16. The van der Waals surface area contributed by atoms with E-state index >= 15 is 0 Å². The summed E-state index contributed by atoms with van der Waals surface area (Å²) in [5.41, 5.74) is 5.80. The van der Waals surface area contributed by atoms with Crippen LogP contribution in [0.2, 0.25) is 0 Å². The molecule has 1 aliphatic carbocycles. The summed E-state index contributed by atoms with van der Waals surface area (Å²) >= 11 is 0.910. The van der Waals surface area contributed by atoms with Gasteiger partial charge in [-0.2, -0.15) is 0 Å². The quantitative estimate of drug-likeness (QED) is 0.645. The van der Waals surface area contributed by atoms with Crippen LogP contribution >= 0.6 is 11.3 Å². The molecule has 1 aromatic rings. The van der Waals surface area contributed by atoms with Crippen LogP contribution in [0.4, 0.5) is 5.00 Å². The molecular weight excluding hydrogens is 360 g/mol. The lowest BCUT2D eigenvalue weighted by atomic mass is 9.79. The van der Waals surface area contributed by atoms with Crippen LogP contribution in [0.1, 0.15) is 58.2 Å². The fourth-order valence-corrected chi connectivity index (χ4v) is 4.34. The van der Waals surface area contributed by atoms with Crippen LogP contribution in [0.25, 0.3) is 0 Å². The summed E-state index contributed by atoms with van der Waals surface area (Å²) in [4.78, 5) is 48.1. The van der Waals surface area contributed by atoms with E-state index in [-0.39, 0.29) is 22.0 Å². The Morgan fingerprint density at radius 3 is 2.38 bits per heavy atom. The van der Waals surface area contributed by atoms with Gasteiger partial charge < -0.3 is 20.9 Å². The van der Waals surface area contributed by atoms with E-state index in [9.17, 15) is 24.3 Å². The third kappa shape index (κ3) is 4.04. The Balaban J connectivity index is 2.31. The lowest BCUT2D eigenvalue weighted by Crippen LogP contribution is -2.36. The number of carboxylic acid groups (broad SMARTS) is 1. The molecule has 1 heterocycles. The fraction of sp³-hybridized carbons (Fsp3) is 0.529. The molecule has 0 bridgehead atoms. The van der Waals surface area contributed by atoms with Crippen LogP contribution in [0.5, 0.6) is 0 Å². The second-order valence-corrected chi connectivity index (χ2v) is 7.19. The average Bonchev–Trinajstić information content (AvgIpc) is 2.91. The number of nitrogens with two attached hydrogens (primary N) is 1. The number of hydrogen-bond acceptors (Lipinski definition) is 6.